The quantitative estimate of drug-likeness (QED) is 0.0547. The van der Waals surface area contributed by atoms with Crippen molar-refractivity contribution >= 4 is 6.29 Å². The smallest absolute Gasteiger partial charge is 0.187 e. The highest BCUT2D eigenvalue weighted by atomic mass is 16.8. The molecule has 0 aromatic rings. The molecule has 4 saturated carbocycles. The van der Waals surface area contributed by atoms with Crippen LogP contribution in [-0.2, 0) is 42.7 Å². The number of aldehydes is 1. The van der Waals surface area contributed by atoms with Crippen molar-refractivity contribution in [3.05, 3.63) is 11.6 Å². The number of hydrogen-bond acceptors (Lipinski definition) is 21. The molecule has 27 atom stereocenters. The van der Waals surface area contributed by atoms with Gasteiger partial charge in [0.2, 0.25) is 0 Å². The second-order valence-electron chi connectivity index (χ2n) is 24.4. The third-order valence-corrected chi connectivity index (χ3v) is 19.9. The molecule has 4 saturated heterocycles. The second-order valence-corrected chi connectivity index (χ2v) is 24.4. The van der Waals surface area contributed by atoms with E-state index in [1.165, 1.54) is 13.2 Å². The maximum absolute atomic E-state index is 14.1. The van der Waals surface area contributed by atoms with E-state index in [1.807, 2.05) is 13.8 Å². The summed E-state index contributed by atoms with van der Waals surface area (Å²) in [4.78, 5) is 14.1. The van der Waals surface area contributed by atoms with Crippen LogP contribution in [0.15, 0.2) is 11.6 Å². The maximum Gasteiger partial charge on any atom is 0.187 e. The van der Waals surface area contributed by atoms with Gasteiger partial charge in [-0.05, 0) is 125 Å². The predicted molar refractivity (Wildman–Crippen MR) is 253 cm³/mol. The molecule has 8 rings (SSSR count). The summed E-state index contributed by atoms with van der Waals surface area (Å²) in [5, 5.41) is 130. The van der Waals surface area contributed by atoms with Gasteiger partial charge in [0, 0.05) is 5.41 Å². The Balaban J connectivity index is 1.03. The van der Waals surface area contributed by atoms with E-state index < -0.39 is 146 Å². The van der Waals surface area contributed by atoms with Gasteiger partial charge in [-0.2, -0.15) is 0 Å². The van der Waals surface area contributed by atoms with Gasteiger partial charge in [0.25, 0.3) is 0 Å². The second kappa shape index (κ2) is 22.0. The number of carbonyl (C=O) groups is 1. The van der Waals surface area contributed by atoms with Crippen molar-refractivity contribution in [3.63, 3.8) is 0 Å². The van der Waals surface area contributed by atoms with Crippen LogP contribution in [0.3, 0.4) is 0 Å². The van der Waals surface area contributed by atoms with E-state index in [1.54, 1.807) is 0 Å². The van der Waals surface area contributed by atoms with Crippen molar-refractivity contribution in [2.24, 2.45) is 45.3 Å². The van der Waals surface area contributed by atoms with Crippen molar-refractivity contribution in [2.75, 3.05) is 26.4 Å². The van der Waals surface area contributed by atoms with E-state index in [-0.39, 0.29) is 47.7 Å². The number of aliphatic hydroxyl groups is 12. The Bertz CT molecular complexity index is 1900. The van der Waals surface area contributed by atoms with Crippen LogP contribution >= 0.6 is 0 Å². The molecule has 4 aliphatic heterocycles. The molecule has 4 aliphatic carbocycles. The zero-order valence-corrected chi connectivity index (χ0v) is 43.4. The summed E-state index contributed by atoms with van der Waals surface area (Å²) in [7, 11) is 0. The summed E-state index contributed by atoms with van der Waals surface area (Å²) in [6.45, 7) is 12.7. The molecule has 4 heterocycles. The lowest BCUT2D eigenvalue weighted by atomic mass is 9.35. The van der Waals surface area contributed by atoms with Crippen LogP contribution in [0.25, 0.3) is 0 Å². The monoisotopic (exact) mass is 1050 g/mol. The average molecular weight is 1050 g/mol. The van der Waals surface area contributed by atoms with E-state index in [2.05, 4.69) is 33.8 Å². The highest BCUT2D eigenvalue weighted by molar-refractivity contribution is 5.62. The normalized spacial score (nSPS) is 51.7. The van der Waals surface area contributed by atoms with Crippen molar-refractivity contribution in [2.45, 2.75) is 235 Å². The van der Waals surface area contributed by atoms with Crippen LogP contribution in [0, 0.1) is 45.3 Å². The third-order valence-electron chi connectivity index (χ3n) is 19.9. The van der Waals surface area contributed by atoms with Crippen LogP contribution in [0.1, 0.15) is 113 Å². The average Bonchev–Trinajstić information content (AvgIpc) is 3.72. The number of allylic oxidation sites excluding steroid dienone is 2. The van der Waals surface area contributed by atoms with E-state index >= 15 is 0 Å². The summed E-state index contributed by atoms with van der Waals surface area (Å²) < 4.78 is 48.7. The minimum absolute atomic E-state index is 0.0277. The lowest BCUT2D eigenvalue weighted by Gasteiger charge is -2.69. The van der Waals surface area contributed by atoms with Crippen molar-refractivity contribution in [1.29, 1.82) is 0 Å². The zero-order valence-electron chi connectivity index (χ0n) is 43.4. The lowest BCUT2D eigenvalue weighted by Crippen LogP contribution is -2.67. The lowest BCUT2D eigenvalue weighted by molar-refractivity contribution is -0.383. The largest absolute Gasteiger partial charge is 0.394 e. The van der Waals surface area contributed by atoms with Gasteiger partial charge in [0.1, 0.15) is 85.6 Å². The Labute approximate surface area is 427 Å². The van der Waals surface area contributed by atoms with Crippen LogP contribution in [0.2, 0.25) is 0 Å². The number of carbonyl (C=O) groups excluding carboxylic acids is 1. The zero-order chi connectivity index (χ0) is 53.3. The van der Waals surface area contributed by atoms with Crippen molar-refractivity contribution in [1.82, 2.24) is 0 Å². The van der Waals surface area contributed by atoms with Gasteiger partial charge in [-0.3, -0.25) is 0 Å². The molecular weight excluding hydrogens is 961 g/mol. The van der Waals surface area contributed by atoms with Crippen molar-refractivity contribution < 1.29 is 104 Å². The Hall–Kier alpha value is -1.39. The number of fused-ring (bicyclic) bond motifs is 5. The number of aliphatic hydroxyl groups excluding tert-OH is 11. The summed E-state index contributed by atoms with van der Waals surface area (Å²) >= 11 is 0. The maximum atomic E-state index is 14.1. The van der Waals surface area contributed by atoms with E-state index in [9.17, 15) is 66.1 Å². The van der Waals surface area contributed by atoms with Gasteiger partial charge in [0.05, 0.1) is 44.2 Å². The van der Waals surface area contributed by atoms with Gasteiger partial charge in [0.15, 0.2) is 25.2 Å². The van der Waals surface area contributed by atoms with Crippen molar-refractivity contribution in [3.8, 4) is 0 Å². The molecule has 420 valence electrons. The highest BCUT2D eigenvalue weighted by Crippen LogP contribution is 2.75. The Morgan fingerprint density at radius 1 is 0.644 bits per heavy atom. The summed E-state index contributed by atoms with van der Waals surface area (Å²) in [6, 6.07) is 0. The first-order valence-corrected chi connectivity index (χ1v) is 26.7. The molecule has 21 nitrogen and oxygen atoms in total. The molecule has 0 aromatic heterocycles. The Morgan fingerprint density at radius 2 is 1.27 bits per heavy atom. The minimum Gasteiger partial charge on any atom is -0.394 e. The molecule has 0 aromatic carbocycles. The molecule has 8 aliphatic rings. The topological polar surface area (TPSA) is 334 Å². The standard InChI is InChI=1S/C52H86O21/c1-24(2)9-8-15-52(65,23-68-45-40(63)38(61)36(59)30(19-53)70-45)27-12-16-49(6)26(27)10-11-32-50(49,7)17-13-31-48(4,5)33(14-18-51(31,32)22-54)71-47-43(73-46-41(64)37(60)34(57)25(3)69-46)42(29(56)21-67-47)72-44-39(62)35(58)28(55)20-66-44/h9,22,25-47,53,55-65H,8,10-21,23H2,1-7H3/t25-,26+,27-,28+,29-,30+,31-,32-,33-,34-,35-,36+,37+,38-,39+,40+,41+,42-,43+,44-,45+,46-,47?,49+,50+,51+,52+/m0/s1. The minimum atomic E-state index is -1.76. The molecule has 0 bridgehead atoms. The first-order valence-electron chi connectivity index (χ1n) is 26.7. The van der Waals surface area contributed by atoms with Crippen LogP contribution in [0.5, 0.6) is 0 Å². The fraction of sp³-hybridized carbons (Fsp3) is 0.942. The third kappa shape index (κ3) is 10.2. The molecule has 73 heavy (non-hydrogen) atoms. The number of ether oxygens (including phenoxy) is 8. The van der Waals surface area contributed by atoms with Gasteiger partial charge in [-0.1, -0.05) is 39.3 Å². The van der Waals surface area contributed by atoms with Gasteiger partial charge in [-0.25, -0.2) is 0 Å². The Kier molecular flexibility index (Phi) is 17.4. The molecule has 0 radical (unpaired) electrons. The molecule has 21 heteroatoms. The molecule has 8 fully saturated rings. The Morgan fingerprint density at radius 3 is 1.96 bits per heavy atom. The van der Waals surface area contributed by atoms with Crippen LogP contribution in [0.4, 0.5) is 0 Å². The van der Waals surface area contributed by atoms with Crippen LogP contribution in [-0.4, -0.2) is 216 Å². The number of rotatable bonds is 15. The summed E-state index contributed by atoms with van der Waals surface area (Å²) in [5.74, 6) is -0.385. The van der Waals surface area contributed by atoms with E-state index in [0.717, 1.165) is 31.3 Å². The van der Waals surface area contributed by atoms with Gasteiger partial charge >= 0.3 is 0 Å². The summed E-state index contributed by atoms with van der Waals surface area (Å²) in [6.07, 6.45) is -17.8. The fourth-order valence-electron chi connectivity index (χ4n) is 15.4. The molecular formula is C52H86O21. The number of hydrogen-bond donors (Lipinski definition) is 12. The fourth-order valence-corrected chi connectivity index (χ4v) is 15.4. The highest BCUT2D eigenvalue weighted by Gasteiger charge is 2.71. The molecule has 0 amide bonds. The molecule has 0 spiro atoms. The van der Waals surface area contributed by atoms with E-state index in [0.29, 0.717) is 38.5 Å². The van der Waals surface area contributed by atoms with E-state index in [4.69, 9.17) is 37.9 Å². The van der Waals surface area contributed by atoms with Gasteiger partial charge in [-0.15, -0.1) is 0 Å². The SMILES string of the molecule is CC(C)=CCC[C@@](O)(CO[C@@H]1O[C@H](CO)[C@@H](O)[C@H](O)[C@H]1O)[C@H]1CC[C@]2(C)[C@@H]1CC[C@@H]1[C@@]3(C=O)CC[C@H](OC4OC[C@H](O)[C@H](O[C@@H]5OC[C@@H](O)[C@H](O)[C@H]5O)[C@H]4O[C@@H]4O[C@@H](C)[C@H](O)[C@@H](O)[C@H]4O)C(C)(C)[C@@H]3CC[C@]12C. The first kappa shape index (κ1) is 57.8. The summed E-state index contributed by atoms with van der Waals surface area (Å²) in [5.41, 5.74) is -2.36. The molecule has 1 unspecified atom stereocenters. The van der Waals surface area contributed by atoms with Crippen LogP contribution < -0.4 is 0 Å². The predicted octanol–water partition coefficient (Wildman–Crippen LogP) is -0.716. The molecule has 12 N–H and O–H groups in total. The van der Waals surface area contributed by atoms with Gasteiger partial charge < -0.3 is 104 Å². The first-order chi connectivity index (χ1) is 34.3.